The van der Waals surface area contributed by atoms with E-state index in [9.17, 15) is 4.79 Å². The Morgan fingerprint density at radius 3 is 2.33 bits per heavy atom. The summed E-state index contributed by atoms with van der Waals surface area (Å²) >= 11 is 0. The fourth-order valence-corrected chi connectivity index (χ4v) is 3.51. The Labute approximate surface area is 200 Å². The number of hydrogen-bond donors (Lipinski definition) is 0. The molecule has 0 spiro atoms. The molecule has 0 aliphatic rings. The lowest BCUT2D eigenvalue weighted by Crippen LogP contribution is -2.07. The van der Waals surface area contributed by atoms with Crippen LogP contribution in [0.15, 0.2) is 54.7 Å². The van der Waals surface area contributed by atoms with Crippen LogP contribution in [0.4, 0.5) is 0 Å². The summed E-state index contributed by atoms with van der Waals surface area (Å²) in [5, 5.41) is 0. The third-order valence-corrected chi connectivity index (χ3v) is 5.46. The van der Waals surface area contributed by atoms with Crippen molar-refractivity contribution in [3.05, 3.63) is 60.3 Å². The minimum Gasteiger partial charge on any atom is -0.425 e. The topological polar surface area (TPSA) is 48.4 Å². The molecular formula is C29H41NO3. The number of pyridine rings is 1. The number of ether oxygens (including phenoxy) is 2. The predicted octanol–water partition coefficient (Wildman–Crippen LogP) is 7.71. The maximum atomic E-state index is 12.0. The summed E-state index contributed by atoms with van der Waals surface area (Å²) in [5.74, 6) is 0.301. The molecule has 0 saturated carbocycles. The zero-order chi connectivity index (χ0) is 23.6. The zero-order valence-corrected chi connectivity index (χ0v) is 20.6. The fraction of sp³-hybridized carbons (Fsp3) is 0.517. The van der Waals surface area contributed by atoms with Gasteiger partial charge in [-0.25, -0.2) is 0 Å². The number of hydrogen-bond acceptors (Lipinski definition) is 4. The van der Waals surface area contributed by atoms with Gasteiger partial charge in [0.25, 0.3) is 0 Å². The Morgan fingerprint density at radius 2 is 1.64 bits per heavy atom. The highest BCUT2D eigenvalue weighted by Crippen LogP contribution is 2.21. The highest BCUT2D eigenvalue weighted by atomic mass is 16.5. The lowest BCUT2D eigenvalue weighted by molar-refractivity contribution is -0.134. The van der Waals surface area contributed by atoms with Crippen LogP contribution in [-0.2, 0) is 16.0 Å². The van der Waals surface area contributed by atoms with E-state index in [1.807, 2.05) is 12.1 Å². The number of unbranched alkanes of at least 4 members (excludes halogenated alkanes) is 5. The first-order chi connectivity index (χ1) is 16.2. The van der Waals surface area contributed by atoms with Crippen molar-refractivity contribution < 1.29 is 14.3 Å². The van der Waals surface area contributed by atoms with E-state index >= 15 is 0 Å². The number of allylic oxidation sites excluding steroid dienone is 2. The first kappa shape index (κ1) is 26.8. The molecular weight excluding hydrogens is 410 g/mol. The van der Waals surface area contributed by atoms with Crippen molar-refractivity contribution in [3.8, 4) is 17.0 Å². The molecule has 0 aliphatic heterocycles. The molecule has 0 unspecified atom stereocenters. The Bertz CT molecular complexity index is 797. The molecule has 0 aliphatic carbocycles. The third kappa shape index (κ3) is 11.8. The molecule has 0 amide bonds. The van der Waals surface area contributed by atoms with Gasteiger partial charge in [0, 0.05) is 25.2 Å². The second-order valence-corrected chi connectivity index (χ2v) is 8.48. The van der Waals surface area contributed by atoms with Crippen molar-refractivity contribution in [1.29, 1.82) is 0 Å². The molecule has 4 heteroatoms. The molecule has 0 atom stereocenters. The molecule has 33 heavy (non-hydrogen) atoms. The third-order valence-electron chi connectivity index (χ3n) is 5.46. The number of carbonyl (C=O) groups excluding carboxylic acids is 1. The summed E-state index contributed by atoms with van der Waals surface area (Å²) in [6, 6.07) is 12.3. The molecule has 0 N–H and O–H groups in total. The van der Waals surface area contributed by atoms with Gasteiger partial charge in [-0.15, -0.1) is 0 Å². The van der Waals surface area contributed by atoms with Crippen LogP contribution in [0.3, 0.4) is 0 Å². The van der Waals surface area contributed by atoms with E-state index in [0.29, 0.717) is 12.2 Å². The Morgan fingerprint density at radius 1 is 0.848 bits per heavy atom. The number of esters is 1. The van der Waals surface area contributed by atoms with E-state index in [2.05, 4.69) is 55.2 Å². The van der Waals surface area contributed by atoms with Crippen molar-refractivity contribution in [2.24, 2.45) is 0 Å². The monoisotopic (exact) mass is 451 g/mol. The normalized spacial score (nSPS) is 11.2. The number of carbonyl (C=O) groups is 1. The first-order valence-corrected chi connectivity index (χ1v) is 12.7. The second kappa shape index (κ2) is 17.1. The summed E-state index contributed by atoms with van der Waals surface area (Å²) in [5.41, 5.74) is 3.30. The molecule has 180 valence electrons. The number of aryl methyl sites for hydroxylation is 1. The highest BCUT2D eigenvalue weighted by molar-refractivity contribution is 5.72. The lowest BCUT2D eigenvalue weighted by Gasteiger charge is -2.07. The van der Waals surface area contributed by atoms with Gasteiger partial charge < -0.3 is 9.47 Å². The van der Waals surface area contributed by atoms with Gasteiger partial charge in [-0.2, -0.15) is 0 Å². The average molecular weight is 452 g/mol. The minimum atomic E-state index is -0.201. The highest BCUT2D eigenvalue weighted by Gasteiger charge is 2.06. The van der Waals surface area contributed by atoms with Crippen molar-refractivity contribution in [1.82, 2.24) is 4.98 Å². The lowest BCUT2D eigenvalue weighted by atomic mass is 10.0. The molecule has 4 nitrogen and oxygen atoms in total. The van der Waals surface area contributed by atoms with Crippen molar-refractivity contribution >= 4 is 5.97 Å². The molecule has 0 radical (unpaired) electrons. The number of aromatic nitrogens is 1. The molecule has 0 saturated heterocycles. The molecule has 1 aromatic carbocycles. The molecule has 2 aromatic rings. The second-order valence-electron chi connectivity index (χ2n) is 8.48. The maximum absolute atomic E-state index is 12.0. The Balaban J connectivity index is 1.69. The molecule has 0 bridgehead atoms. The standard InChI is InChI=1S/C29H41NO3/c1-3-5-6-7-8-9-12-15-29(31)33-27-20-21-28(30-24-27)26-18-16-25(17-19-26)14-11-10-13-23-32-22-4-2/h7-8,16-21,24H,3-6,9-15,22-23H2,1-2H3. The van der Waals surface area contributed by atoms with E-state index in [-0.39, 0.29) is 5.97 Å². The Hall–Kier alpha value is -2.46. The molecule has 1 heterocycles. The summed E-state index contributed by atoms with van der Waals surface area (Å²) in [6.07, 6.45) is 17.4. The summed E-state index contributed by atoms with van der Waals surface area (Å²) < 4.78 is 10.9. The molecule has 0 fully saturated rings. The molecule has 2 rings (SSSR count). The van der Waals surface area contributed by atoms with Crippen molar-refractivity contribution in [2.45, 2.75) is 84.5 Å². The van der Waals surface area contributed by atoms with Gasteiger partial charge in [0.1, 0.15) is 5.75 Å². The van der Waals surface area contributed by atoms with Gasteiger partial charge in [-0.05, 0) is 62.6 Å². The van der Waals surface area contributed by atoms with Gasteiger partial charge >= 0.3 is 5.97 Å². The van der Waals surface area contributed by atoms with Crippen molar-refractivity contribution in [3.63, 3.8) is 0 Å². The Kier molecular flexibility index (Phi) is 13.9. The van der Waals surface area contributed by atoms with Crippen LogP contribution in [0.25, 0.3) is 11.3 Å². The largest absolute Gasteiger partial charge is 0.425 e. The summed E-state index contributed by atoms with van der Waals surface area (Å²) in [6.45, 7) is 6.08. The van der Waals surface area contributed by atoms with Gasteiger partial charge in [0.2, 0.25) is 0 Å². The fourth-order valence-electron chi connectivity index (χ4n) is 3.51. The summed E-state index contributed by atoms with van der Waals surface area (Å²) in [7, 11) is 0. The first-order valence-electron chi connectivity index (χ1n) is 12.7. The minimum absolute atomic E-state index is 0.201. The van der Waals surface area contributed by atoms with Crippen LogP contribution in [0.5, 0.6) is 5.75 Å². The quantitative estimate of drug-likeness (QED) is 0.140. The maximum Gasteiger partial charge on any atom is 0.311 e. The van der Waals surface area contributed by atoms with Crippen LogP contribution in [-0.4, -0.2) is 24.2 Å². The molecule has 1 aromatic heterocycles. The predicted molar refractivity (Wildman–Crippen MR) is 136 cm³/mol. The van der Waals surface area contributed by atoms with Gasteiger partial charge in [-0.1, -0.05) is 69.5 Å². The number of rotatable bonds is 17. The number of nitrogens with zero attached hydrogens (tertiary/aromatic N) is 1. The average Bonchev–Trinajstić information content (AvgIpc) is 2.84. The SMILES string of the molecule is CCCCC=CCCCC(=O)Oc1ccc(-c2ccc(CCCCCOCCC)cc2)nc1. The van der Waals surface area contributed by atoms with Gasteiger partial charge in [-0.3, -0.25) is 9.78 Å². The summed E-state index contributed by atoms with van der Waals surface area (Å²) in [4.78, 5) is 16.5. The van der Waals surface area contributed by atoms with E-state index < -0.39 is 0 Å². The van der Waals surface area contributed by atoms with Crippen molar-refractivity contribution in [2.75, 3.05) is 13.2 Å². The smallest absolute Gasteiger partial charge is 0.311 e. The van der Waals surface area contributed by atoms with Gasteiger partial charge in [0.05, 0.1) is 11.9 Å². The van der Waals surface area contributed by atoms with Crippen LogP contribution in [0, 0.1) is 0 Å². The zero-order valence-electron chi connectivity index (χ0n) is 20.6. The van der Waals surface area contributed by atoms with Crippen LogP contribution >= 0.6 is 0 Å². The van der Waals surface area contributed by atoms with E-state index in [1.165, 1.54) is 31.2 Å². The van der Waals surface area contributed by atoms with E-state index in [0.717, 1.165) is 63.0 Å². The van der Waals surface area contributed by atoms with Gasteiger partial charge in [0.15, 0.2) is 0 Å². The van der Waals surface area contributed by atoms with Crippen LogP contribution < -0.4 is 4.74 Å². The van der Waals surface area contributed by atoms with Crippen LogP contribution in [0.2, 0.25) is 0 Å². The number of benzene rings is 1. The van der Waals surface area contributed by atoms with E-state index in [4.69, 9.17) is 9.47 Å². The van der Waals surface area contributed by atoms with E-state index in [1.54, 1.807) is 6.20 Å². The van der Waals surface area contributed by atoms with Crippen LogP contribution in [0.1, 0.15) is 83.6 Å².